The number of hydrogen-bond acceptors (Lipinski definition) is 2. The van der Waals surface area contributed by atoms with Crippen LogP contribution in [0.3, 0.4) is 0 Å². The number of rotatable bonds is 5. The zero-order valence-corrected chi connectivity index (χ0v) is 18.3. The van der Waals surface area contributed by atoms with Gasteiger partial charge in [-0.2, -0.15) is 0 Å². The fraction of sp³-hybridized carbons (Fsp3) is 0.222. The van der Waals surface area contributed by atoms with E-state index in [1.165, 1.54) is 6.42 Å². The molecule has 1 saturated carbocycles. The lowest BCUT2D eigenvalue weighted by molar-refractivity contribution is 0.480. The van der Waals surface area contributed by atoms with Gasteiger partial charge >= 0.3 is 0 Å². The largest absolute Gasteiger partial charge is 0.592 e. The average molecular weight is 427 g/mol. The zero-order valence-electron chi connectivity index (χ0n) is 17.5. The van der Waals surface area contributed by atoms with Crippen LogP contribution < -0.4 is 0 Å². The van der Waals surface area contributed by atoms with Gasteiger partial charge in [0.05, 0.1) is 11.4 Å². The maximum Gasteiger partial charge on any atom is 0.187 e. The van der Waals surface area contributed by atoms with Crippen LogP contribution in [0.15, 0.2) is 91.0 Å². The lowest BCUT2D eigenvalue weighted by atomic mass is 10.0. The molecule has 1 atom stereocenters. The van der Waals surface area contributed by atoms with Gasteiger partial charge < -0.3 is 4.55 Å². The predicted molar refractivity (Wildman–Crippen MR) is 129 cm³/mol. The van der Waals surface area contributed by atoms with E-state index in [1.54, 1.807) is 0 Å². The smallest absolute Gasteiger partial charge is 0.187 e. The van der Waals surface area contributed by atoms with Crippen LogP contribution in [-0.4, -0.2) is 18.8 Å². The number of benzene rings is 3. The minimum absolute atomic E-state index is 0.163. The summed E-state index contributed by atoms with van der Waals surface area (Å²) in [6.45, 7) is 0. The van der Waals surface area contributed by atoms with Gasteiger partial charge in [-0.3, -0.25) is 0 Å². The molecule has 0 amide bonds. The summed E-state index contributed by atoms with van der Waals surface area (Å²) in [6, 6.07) is 30.7. The molecule has 0 radical (unpaired) electrons. The molecule has 3 aromatic carbocycles. The van der Waals surface area contributed by atoms with Crippen molar-refractivity contribution >= 4 is 11.4 Å². The molecular formula is C27H26N2OS. The van der Waals surface area contributed by atoms with Crippen molar-refractivity contribution in [3.05, 3.63) is 91.0 Å². The SMILES string of the molecule is [O-][S+](C1CCCCC1)n1c(-c2ccccc2)nc(-c2ccccc2)c1-c1ccccc1. The molecule has 1 heterocycles. The first-order chi connectivity index (χ1) is 15.3. The monoisotopic (exact) mass is 426 g/mol. The van der Waals surface area contributed by atoms with Crippen LogP contribution >= 0.6 is 0 Å². The van der Waals surface area contributed by atoms with Crippen molar-refractivity contribution in [3.63, 3.8) is 0 Å². The van der Waals surface area contributed by atoms with Crippen molar-refractivity contribution in [2.45, 2.75) is 37.4 Å². The van der Waals surface area contributed by atoms with Crippen LogP contribution in [0.5, 0.6) is 0 Å². The van der Waals surface area contributed by atoms with Crippen molar-refractivity contribution in [2.75, 3.05) is 0 Å². The molecule has 5 rings (SSSR count). The van der Waals surface area contributed by atoms with Gasteiger partial charge in [-0.1, -0.05) is 97.4 Å². The van der Waals surface area contributed by atoms with E-state index < -0.39 is 11.4 Å². The zero-order chi connectivity index (χ0) is 21.0. The Morgan fingerprint density at radius 2 is 1.19 bits per heavy atom. The third-order valence-electron chi connectivity index (χ3n) is 5.98. The molecule has 31 heavy (non-hydrogen) atoms. The molecule has 4 heteroatoms. The predicted octanol–water partition coefficient (Wildman–Crippen LogP) is 6.73. The molecule has 0 aliphatic heterocycles. The molecular weight excluding hydrogens is 400 g/mol. The lowest BCUT2D eigenvalue weighted by Crippen LogP contribution is -2.30. The van der Waals surface area contributed by atoms with Crippen molar-refractivity contribution in [2.24, 2.45) is 0 Å². The lowest BCUT2D eigenvalue weighted by Gasteiger charge is -2.26. The summed E-state index contributed by atoms with van der Waals surface area (Å²) in [5.41, 5.74) is 4.90. The van der Waals surface area contributed by atoms with Crippen molar-refractivity contribution in [3.8, 4) is 33.9 Å². The summed E-state index contributed by atoms with van der Waals surface area (Å²) >= 11 is -1.19. The highest BCUT2D eigenvalue weighted by Gasteiger charge is 2.34. The minimum Gasteiger partial charge on any atom is -0.592 e. The van der Waals surface area contributed by atoms with E-state index >= 15 is 0 Å². The number of hydrogen-bond donors (Lipinski definition) is 0. The highest BCUT2D eigenvalue weighted by molar-refractivity contribution is 7.90. The van der Waals surface area contributed by atoms with E-state index in [0.717, 1.165) is 59.6 Å². The quantitative estimate of drug-likeness (QED) is 0.332. The van der Waals surface area contributed by atoms with Crippen molar-refractivity contribution < 1.29 is 4.55 Å². The minimum atomic E-state index is -1.19. The number of aromatic nitrogens is 2. The van der Waals surface area contributed by atoms with Gasteiger partial charge in [0.25, 0.3) is 0 Å². The summed E-state index contributed by atoms with van der Waals surface area (Å²) in [7, 11) is 0. The molecule has 0 bridgehead atoms. The summed E-state index contributed by atoms with van der Waals surface area (Å²) in [5.74, 6) is 0.780. The molecule has 1 aliphatic rings. The van der Waals surface area contributed by atoms with Gasteiger partial charge in [0.15, 0.2) is 5.82 Å². The molecule has 0 N–H and O–H groups in total. The summed E-state index contributed by atoms with van der Waals surface area (Å²) in [4.78, 5) is 5.11. The molecule has 3 nitrogen and oxygen atoms in total. The Morgan fingerprint density at radius 3 is 1.77 bits per heavy atom. The average Bonchev–Trinajstić information content (AvgIpc) is 3.26. The Balaban J connectivity index is 1.77. The van der Waals surface area contributed by atoms with Crippen LogP contribution in [0.25, 0.3) is 33.9 Å². The molecule has 1 fully saturated rings. The van der Waals surface area contributed by atoms with Gasteiger partial charge in [0, 0.05) is 16.7 Å². The van der Waals surface area contributed by atoms with E-state index in [9.17, 15) is 4.55 Å². The first-order valence-electron chi connectivity index (χ1n) is 11.0. The fourth-order valence-electron chi connectivity index (χ4n) is 4.41. The maximum atomic E-state index is 14.1. The molecule has 1 aliphatic carbocycles. The first kappa shape index (κ1) is 20.1. The molecule has 0 saturated heterocycles. The van der Waals surface area contributed by atoms with Gasteiger partial charge in [0.2, 0.25) is 0 Å². The molecule has 0 spiro atoms. The topological polar surface area (TPSA) is 40.9 Å². The third kappa shape index (κ3) is 4.06. The molecule has 1 unspecified atom stereocenters. The van der Waals surface area contributed by atoms with Crippen molar-refractivity contribution in [1.82, 2.24) is 8.96 Å². The van der Waals surface area contributed by atoms with Gasteiger partial charge in [0.1, 0.15) is 16.6 Å². The second kappa shape index (κ2) is 9.13. The Kier molecular flexibility index (Phi) is 5.92. The first-order valence-corrected chi connectivity index (χ1v) is 12.2. The van der Waals surface area contributed by atoms with Crippen LogP contribution in [0.4, 0.5) is 0 Å². The molecule has 4 aromatic rings. The van der Waals surface area contributed by atoms with Gasteiger partial charge in [-0.15, -0.1) is 3.97 Å². The second-order valence-electron chi connectivity index (χ2n) is 8.06. The Hall–Kier alpha value is -2.82. The summed E-state index contributed by atoms with van der Waals surface area (Å²) in [6.07, 6.45) is 5.56. The maximum absolute atomic E-state index is 14.1. The molecule has 1 aromatic heterocycles. The van der Waals surface area contributed by atoms with E-state index in [1.807, 2.05) is 58.6 Å². The Morgan fingerprint density at radius 1 is 0.677 bits per heavy atom. The van der Waals surface area contributed by atoms with E-state index in [2.05, 4.69) is 36.4 Å². The number of imidazole rings is 1. The standard InChI is InChI=1S/C27H26N2OS/c30-31(24-19-11-4-12-20-24)29-26(22-15-7-2-8-16-22)25(21-13-5-1-6-14-21)28-27(29)23-17-9-3-10-18-23/h1-3,5-10,13-18,24H,4,11-12,19-20H2. The van der Waals surface area contributed by atoms with Gasteiger partial charge in [-0.05, 0) is 25.7 Å². The summed E-state index contributed by atoms with van der Waals surface area (Å²) < 4.78 is 16.1. The van der Waals surface area contributed by atoms with E-state index in [0.29, 0.717) is 0 Å². The molecule has 156 valence electrons. The third-order valence-corrected chi connectivity index (χ3v) is 7.74. The van der Waals surface area contributed by atoms with E-state index in [-0.39, 0.29) is 5.25 Å². The van der Waals surface area contributed by atoms with Crippen molar-refractivity contribution in [1.29, 1.82) is 0 Å². The summed E-state index contributed by atoms with van der Waals surface area (Å²) in [5, 5.41) is 0.163. The normalized spacial score (nSPS) is 15.6. The highest BCUT2D eigenvalue weighted by Crippen LogP contribution is 2.39. The van der Waals surface area contributed by atoms with Crippen LogP contribution in [-0.2, 0) is 11.4 Å². The van der Waals surface area contributed by atoms with Crippen LogP contribution in [0.2, 0.25) is 0 Å². The van der Waals surface area contributed by atoms with E-state index in [4.69, 9.17) is 4.98 Å². The Bertz CT molecular complexity index is 1120. The van der Waals surface area contributed by atoms with Crippen LogP contribution in [0, 0.1) is 0 Å². The van der Waals surface area contributed by atoms with Gasteiger partial charge in [-0.25, -0.2) is 4.98 Å². The fourth-order valence-corrected chi connectivity index (χ4v) is 6.14. The van der Waals surface area contributed by atoms with Crippen LogP contribution in [0.1, 0.15) is 32.1 Å². The second-order valence-corrected chi connectivity index (χ2v) is 9.65. The Labute approximate surface area is 187 Å². The number of nitrogens with zero attached hydrogens (tertiary/aromatic N) is 2. The highest BCUT2D eigenvalue weighted by atomic mass is 32.2.